The molecule has 3 aromatic rings. The number of esters is 1. The second-order valence-corrected chi connectivity index (χ2v) is 9.67. The summed E-state index contributed by atoms with van der Waals surface area (Å²) >= 11 is 0. The monoisotopic (exact) mass is 491 g/mol. The van der Waals surface area contributed by atoms with Gasteiger partial charge in [-0.3, -0.25) is 19.0 Å². The van der Waals surface area contributed by atoms with E-state index >= 15 is 0 Å². The molecule has 0 saturated carbocycles. The minimum absolute atomic E-state index is 0.0204. The van der Waals surface area contributed by atoms with Gasteiger partial charge in [0.25, 0.3) is 5.56 Å². The van der Waals surface area contributed by atoms with Crippen LogP contribution in [0.2, 0.25) is 0 Å². The summed E-state index contributed by atoms with van der Waals surface area (Å²) in [5.74, 6) is 0.326. The molecule has 1 aromatic heterocycles. The van der Waals surface area contributed by atoms with Gasteiger partial charge in [0.1, 0.15) is 5.82 Å². The van der Waals surface area contributed by atoms with Crippen molar-refractivity contribution in [1.29, 1.82) is 0 Å². The van der Waals surface area contributed by atoms with Crippen LogP contribution in [-0.4, -0.2) is 39.5 Å². The molecule has 0 saturated heterocycles. The van der Waals surface area contributed by atoms with E-state index in [2.05, 4.69) is 13.8 Å². The lowest BCUT2D eigenvalue weighted by Gasteiger charge is -2.31. The maximum atomic E-state index is 13.8. The Morgan fingerprint density at radius 3 is 2.44 bits per heavy atom. The number of para-hydroxylation sites is 1. The molecule has 0 bridgehead atoms. The second-order valence-electron chi connectivity index (χ2n) is 9.67. The number of fused-ring (bicyclic) bond motifs is 1. The van der Waals surface area contributed by atoms with Crippen LogP contribution in [-0.2, 0) is 14.3 Å². The maximum Gasteiger partial charge on any atom is 0.306 e. The van der Waals surface area contributed by atoms with Gasteiger partial charge in [-0.1, -0.05) is 43.7 Å². The molecule has 7 nitrogen and oxygen atoms in total. The summed E-state index contributed by atoms with van der Waals surface area (Å²) in [6, 6.07) is 12.7. The third-order valence-electron chi connectivity index (χ3n) is 6.35. The van der Waals surface area contributed by atoms with Gasteiger partial charge in [0.05, 0.1) is 35.7 Å². The lowest BCUT2D eigenvalue weighted by molar-refractivity contribution is -0.146. The average molecular weight is 492 g/mol. The molecule has 2 aromatic carbocycles. The van der Waals surface area contributed by atoms with Crippen LogP contribution in [0.4, 0.5) is 0 Å². The molecule has 1 amide bonds. The average Bonchev–Trinajstić information content (AvgIpc) is 2.83. The number of carbonyl (C=O) groups excluding carboxylic acids is 2. The van der Waals surface area contributed by atoms with Crippen LogP contribution in [0.25, 0.3) is 16.6 Å². The normalized spacial score (nSPS) is 12.1. The van der Waals surface area contributed by atoms with Gasteiger partial charge in [-0.2, -0.15) is 0 Å². The van der Waals surface area contributed by atoms with Crippen molar-refractivity contribution in [3.8, 4) is 5.69 Å². The number of aryl methyl sites for hydroxylation is 2. The summed E-state index contributed by atoms with van der Waals surface area (Å²) in [5, 5.41) is 0.524. The Labute approximate surface area is 213 Å². The molecule has 0 aliphatic carbocycles. The van der Waals surface area contributed by atoms with Crippen LogP contribution in [0.1, 0.15) is 70.0 Å². The van der Waals surface area contributed by atoms with Crippen LogP contribution in [0, 0.1) is 19.8 Å². The van der Waals surface area contributed by atoms with Crippen molar-refractivity contribution >= 4 is 22.8 Å². The predicted molar refractivity (Wildman–Crippen MR) is 142 cm³/mol. The predicted octanol–water partition coefficient (Wildman–Crippen LogP) is 5.28. The van der Waals surface area contributed by atoms with Crippen molar-refractivity contribution in [2.45, 2.75) is 66.8 Å². The number of aromatic nitrogens is 2. The summed E-state index contributed by atoms with van der Waals surface area (Å²) in [4.78, 5) is 45.8. The highest BCUT2D eigenvalue weighted by atomic mass is 16.5. The Kier molecular flexibility index (Phi) is 9.02. The van der Waals surface area contributed by atoms with Crippen LogP contribution < -0.4 is 5.56 Å². The summed E-state index contributed by atoms with van der Waals surface area (Å²) in [6.07, 6.45) is 0.853. The maximum absolute atomic E-state index is 13.8. The first kappa shape index (κ1) is 27.1. The SMILES string of the molecule is CCOC(=O)CCC(=O)N(CCC(C)C)C(C)c1nc2ccccc2c(=O)n1-c1ccc(C)cc1C. The molecule has 0 fully saturated rings. The van der Waals surface area contributed by atoms with E-state index in [9.17, 15) is 14.4 Å². The first-order valence-corrected chi connectivity index (χ1v) is 12.7. The lowest BCUT2D eigenvalue weighted by Crippen LogP contribution is -2.38. The van der Waals surface area contributed by atoms with Gasteiger partial charge in [0.2, 0.25) is 5.91 Å². The van der Waals surface area contributed by atoms with E-state index in [1.807, 2.05) is 57.2 Å². The molecule has 1 atom stereocenters. The minimum Gasteiger partial charge on any atom is -0.466 e. The van der Waals surface area contributed by atoms with Crippen LogP contribution >= 0.6 is 0 Å². The molecule has 0 spiro atoms. The number of rotatable bonds is 10. The Balaban J connectivity index is 2.13. The van der Waals surface area contributed by atoms with E-state index in [1.165, 1.54) is 0 Å². The number of carbonyl (C=O) groups is 2. The zero-order valence-electron chi connectivity index (χ0n) is 22.2. The summed E-state index contributed by atoms with van der Waals surface area (Å²) in [6.45, 7) is 12.6. The van der Waals surface area contributed by atoms with Crippen LogP contribution in [0.5, 0.6) is 0 Å². The first-order chi connectivity index (χ1) is 17.1. The molecule has 1 heterocycles. The Morgan fingerprint density at radius 1 is 1.06 bits per heavy atom. The van der Waals surface area contributed by atoms with E-state index < -0.39 is 12.0 Å². The van der Waals surface area contributed by atoms with Crippen molar-refractivity contribution in [2.75, 3.05) is 13.2 Å². The van der Waals surface area contributed by atoms with Gasteiger partial charge < -0.3 is 9.64 Å². The third kappa shape index (κ3) is 6.20. The molecule has 0 radical (unpaired) electrons. The molecule has 7 heteroatoms. The van der Waals surface area contributed by atoms with Crippen molar-refractivity contribution in [1.82, 2.24) is 14.5 Å². The van der Waals surface area contributed by atoms with Crippen LogP contribution in [0.3, 0.4) is 0 Å². The van der Waals surface area contributed by atoms with E-state index in [4.69, 9.17) is 9.72 Å². The third-order valence-corrected chi connectivity index (χ3v) is 6.35. The fraction of sp³-hybridized carbons (Fsp3) is 0.448. The number of benzene rings is 2. The highest BCUT2D eigenvalue weighted by molar-refractivity contribution is 5.82. The molecule has 1 unspecified atom stereocenters. The molecular weight excluding hydrogens is 454 g/mol. The zero-order chi connectivity index (χ0) is 26.4. The van der Waals surface area contributed by atoms with Crippen molar-refractivity contribution in [2.24, 2.45) is 5.92 Å². The fourth-order valence-electron chi connectivity index (χ4n) is 4.38. The molecule has 0 aliphatic heterocycles. The van der Waals surface area contributed by atoms with Gasteiger partial charge in [-0.05, 0) is 63.8 Å². The number of hydrogen-bond donors (Lipinski definition) is 0. The first-order valence-electron chi connectivity index (χ1n) is 12.7. The van der Waals surface area contributed by atoms with E-state index in [0.29, 0.717) is 29.2 Å². The molecule has 36 heavy (non-hydrogen) atoms. The Bertz CT molecular complexity index is 1300. The van der Waals surface area contributed by atoms with Gasteiger partial charge in [-0.25, -0.2) is 4.98 Å². The Hall–Kier alpha value is -3.48. The number of amides is 1. The number of nitrogens with zero attached hydrogens (tertiary/aromatic N) is 3. The minimum atomic E-state index is -0.489. The smallest absolute Gasteiger partial charge is 0.306 e. The van der Waals surface area contributed by atoms with Crippen molar-refractivity contribution < 1.29 is 14.3 Å². The van der Waals surface area contributed by atoms with Gasteiger partial charge in [0, 0.05) is 13.0 Å². The second kappa shape index (κ2) is 12.0. The lowest BCUT2D eigenvalue weighted by atomic mass is 10.1. The van der Waals surface area contributed by atoms with Crippen molar-refractivity contribution in [3.05, 3.63) is 69.8 Å². The highest BCUT2D eigenvalue weighted by Crippen LogP contribution is 2.26. The van der Waals surface area contributed by atoms with Gasteiger partial charge >= 0.3 is 5.97 Å². The summed E-state index contributed by atoms with van der Waals surface area (Å²) < 4.78 is 6.65. The molecule has 0 aliphatic rings. The quantitative estimate of drug-likeness (QED) is 0.360. The standard InChI is InChI=1S/C29H37N3O4/c1-7-36-27(34)15-14-26(33)31(17-16-19(2)3)22(6)28-30-24-11-9-8-10-23(24)29(35)32(28)25-13-12-20(4)18-21(25)5/h8-13,18-19,22H,7,14-17H2,1-6H3. The molecule has 3 rings (SSSR count). The van der Waals surface area contributed by atoms with Crippen LogP contribution in [0.15, 0.2) is 47.3 Å². The van der Waals surface area contributed by atoms with Crippen molar-refractivity contribution in [3.63, 3.8) is 0 Å². The summed E-state index contributed by atoms with van der Waals surface area (Å²) in [5.41, 5.74) is 3.21. The number of ether oxygens (including phenoxy) is 1. The zero-order valence-corrected chi connectivity index (χ0v) is 22.2. The topological polar surface area (TPSA) is 81.5 Å². The van der Waals surface area contributed by atoms with E-state index in [0.717, 1.165) is 23.2 Å². The van der Waals surface area contributed by atoms with E-state index in [-0.39, 0.29) is 30.9 Å². The number of hydrogen-bond acceptors (Lipinski definition) is 5. The van der Waals surface area contributed by atoms with Gasteiger partial charge in [-0.15, -0.1) is 0 Å². The van der Waals surface area contributed by atoms with E-state index in [1.54, 1.807) is 22.5 Å². The highest BCUT2D eigenvalue weighted by Gasteiger charge is 2.27. The largest absolute Gasteiger partial charge is 0.466 e. The molecule has 192 valence electrons. The molecule has 0 N–H and O–H groups in total. The fourth-order valence-corrected chi connectivity index (χ4v) is 4.38. The summed E-state index contributed by atoms with van der Waals surface area (Å²) in [7, 11) is 0. The molecular formula is C29H37N3O4. The van der Waals surface area contributed by atoms with Gasteiger partial charge in [0.15, 0.2) is 0 Å². The Morgan fingerprint density at radius 2 is 1.78 bits per heavy atom.